The molecule has 2 unspecified atom stereocenters. The zero-order valence-electron chi connectivity index (χ0n) is 12.5. The highest BCUT2D eigenvalue weighted by molar-refractivity contribution is 5.73. The van der Waals surface area contributed by atoms with E-state index in [2.05, 4.69) is 19.9 Å². The Labute approximate surface area is 115 Å². The average molecular weight is 264 g/mol. The van der Waals surface area contributed by atoms with Gasteiger partial charge < -0.3 is 9.47 Å². The molecule has 0 saturated heterocycles. The molecule has 0 bridgehead atoms. The molecule has 1 aromatic rings. The summed E-state index contributed by atoms with van der Waals surface area (Å²) in [5.74, 6) is 0.845. The summed E-state index contributed by atoms with van der Waals surface area (Å²) in [7, 11) is 3.12. The van der Waals surface area contributed by atoms with Crippen molar-refractivity contribution in [3.05, 3.63) is 29.3 Å². The monoisotopic (exact) mass is 264 g/mol. The molecule has 0 fully saturated rings. The first-order valence-corrected chi connectivity index (χ1v) is 6.81. The fourth-order valence-corrected chi connectivity index (χ4v) is 2.68. The van der Waals surface area contributed by atoms with Crippen LogP contribution in [0.3, 0.4) is 0 Å². The van der Waals surface area contributed by atoms with E-state index in [0.717, 1.165) is 24.2 Å². The maximum Gasteiger partial charge on any atom is 0.309 e. The molecular weight excluding hydrogens is 240 g/mol. The third-order valence-corrected chi connectivity index (χ3v) is 3.75. The maximum absolute atomic E-state index is 11.9. The number of carbonyl (C=O) groups is 1. The van der Waals surface area contributed by atoms with Gasteiger partial charge in [0.05, 0.1) is 20.1 Å². The number of aryl methyl sites for hydroxylation is 1. The molecule has 0 heterocycles. The van der Waals surface area contributed by atoms with Gasteiger partial charge >= 0.3 is 5.97 Å². The average Bonchev–Trinajstić information content (AvgIpc) is 2.44. The summed E-state index contributed by atoms with van der Waals surface area (Å²) in [5.41, 5.74) is 2.37. The van der Waals surface area contributed by atoms with Gasteiger partial charge in [-0.05, 0) is 48.9 Å². The first-order chi connectivity index (χ1) is 9.08. The molecule has 0 aliphatic heterocycles. The summed E-state index contributed by atoms with van der Waals surface area (Å²) in [4.78, 5) is 11.9. The Morgan fingerprint density at radius 3 is 2.32 bits per heavy atom. The molecule has 0 saturated carbocycles. The van der Waals surface area contributed by atoms with E-state index in [9.17, 15) is 4.79 Å². The summed E-state index contributed by atoms with van der Waals surface area (Å²) in [5, 5.41) is 0. The number of rotatable bonds is 6. The summed E-state index contributed by atoms with van der Waals surface area (Å²) in [6.45, 7) is 6.20. The van der Waals surface area contributed by atoms with Crippen molar-refractivity contribution >= 4 is 5.97 Å². The number of esters is 1. The number of hydrogen-bond donors (Lipinski definition) is 0. The van der Waals surface area contributed by atoms with Gasteiger partial charge in [-0.2, -0.15) is 0 Å². The molecule has 1 aromatic carbocycles. The minimum absolute atomic E-state index is 0.0814. The number of methoxy groups -OCH3 is 2. The highest BCUT2D eigenvalue weighted by atomic mass is 16.5. The summed E-state index contributed by atoms with van der Waals surface area (Å²) in [6, 6.07) is 6.03. The molecule has 0 aliphatic rings. The van der Waals surface area contributed by atoms with E-state index in [1.165, 1.54) is 12.7 Å². The summed E-state index contributed by atoms with van der Waals surface area (Å²) >= 11 is 0. The number of carbonyl (C=O) groups excluding carboxylic acids is 1. The molecule has 3 heteroatoms. The van der Waals surface area contributed by atoms with Gasteiger partial charge in [0.1, 0.15) is 5.75 Å². The summed E-state index contributed by atoms with van der Waals surface area (Å²) in [6.07, 6.45) is 1.71. The minimum atomic E-state index is -0.121. The van der Waals surface area contributed by atoms with Gasteiger partial charge in [-0.1, -0.05) is 19.9 Å². The molecule has 0 spiro atoms. The van der Waals surface area contributed by atoms with Crippen LogP contribution in [-0.2, 0) is 9.53 Å². The lowest BCUT2D eigenvalue weighted by Crippen LogP contribution is -2.23. The van der Waals surface area contributed by atoms with Crippen LogP contribution < -0.4 is 4.74 Å². The third kappa shape index (κ3) is 3.49. The van der Waals surface area contributed by atoms with Crippen molar-refractivity contribution in [3.8, 4) is 5.75 Å². The smallest absolute Gasteiger partial charge is 0.309 e. The Morgan fingerprint density at radius 1 is 1.21 bits per heavy atom. The van der Waals surface area contributed by atoms with Crippen LogP contribution in [0, 0.1) is 12.8 Å². The summed E-state index contributed by atoms with van der Waals surface area (Å²) < 4.78 is 10.2. The van der Waals surface area contributed by atoms with Crippen molar-refractivity contribution in [3.63, 3.8) is 0 Å². The van der Waals surface area contributed by atoms with E-state index >= 15 is 0 Å². The predicted octanol–water partition coefficient (Wildman–Crippen LogP) is 3.70. The van der Waals surface area contributed by atoms with Crippen molar-refractivity contribution < 1.29 is 14.3 Å². The minimum Gasteiger partial charge on any atom is -0.497 e. The van der Waals surface area contributed by atoms with Crippen LogP contribution in [0.4, 0.5) is 0 Å². The van der Waals surface area contributed by atoms with E-state index in [1.54, 1.807) is 7.11 Å². The lowest BCUT2D eigenvalue weighted by Gasteiger charge is -2.25. The van der Waals surface area contributed by atoms with Crippen molar-refractivity contribution in [2.24, 2.45) is 5.92 Å². The second-order valence-electron chi connectivity index (χ2n) is 4.78. The van der Waals surface area contributed by atoms with Gasteiger partial charge in [0.15, 0.2) is 0 Å². The Balaban J connectivity index is 3.11. The fourth-order valence-electron chi connectivity index (χ4n) is 2.68. The second-order valence-corrected chi connectivity index (χ2v) is 4.78. The van der Waals surface area contributed by atoms with Crippen molar-refractivity contribution in [2.75, 3.05) is 14.2 Å². The molecular formula is C16H24O3. The highest BCUT2D eigenvalue weighted by Gasteiger charge is 2.28. The van der Waals surface area contributed by atoms with Gasteiger partial charge in [-0.25, -0.2) is 0 Å². The molecule has 0 aliphatic carbocycles. The van der Waals surface area contributed by atoms with Crippen LogP contribution in [0.25, 0.3) is 0 Å². The molecule has 2 atom stereocenters. The van der Waals surface area contributed by atoms with Gasteiger partial charge in [0.25, 0.3) is 0 Å². The Bertz CT molecular complexity index is 426. The van der Waals surface area contributed by atoms with Gasteiger partial charge in [-0.15, -0.1) is 0 Å². The normalized spacial score (nSPS) is 13.7. The largest absolute Gasteiger partial charge is 0.497 e. The SMILES string of the molecule is CCC(C(=O)OC)C(CC)c1ccc(OC)cc1C. The first kappa shape index (κ1) is 15.5. The zero-order valence-corrected chi connectivity index (χ0v) is 12.5. The van der Waals surface area contributed by atoms with E-state index < -0.39 is 0 Å². The van der Waals surface area contributed by atoms with E-state index in [0.29, 0.717) is 0 Å². The van der Waals surface area contributed by atoms with Crippen molar-refractivity contribution in [1.29, 1.82) is 0 Å². The first-order valence-electron chi connectivity index (χ1n) is 6.81. The van der Waals surface area contributed by atoms with Crippen LogP contribution in [0.2, 0.25) is 0 Å². The van der Waals surface area contributed by atoms with Crippen molar-refractivity contribution in [1.82, 2.24) is 0 Å². The molecule has 0 radical (unpaired) electrons. The maximum atomic E-state index is 11.9. The van der Waals surface area contributed by atoms with Gasteiger partial charge in [0, 0.05) is 0 Å². The lowest BCUT2D eigenvalue weighted by molar-refractivity contribution is -0.146. The van der Waals surface area contributed by atoms with Crippen LogP contribution >= 0.6 is 0 Å². The lowest BCUT2D eigenvalue weighted by atomic mass is 9.80. The molecule has 0 N–H and O–H groups in total. The van der Waals surface area contributed by atoms with E-state index in [-0.39, 0.29) is 17.8 Å². The van der Waals surface area contributed by atoms with Gasteiger partial charge in [0.2, 0.25) is 0 Å². The van der Waals surface area contributed by atoms with E-state index in [1.807, 2.05) is 19.1 Å². The molecule has 1 rings (SSSR count). The number of hydrogen-bond acceptors (Lipinski definition) is 3. The Hall–Kier alpha value is -1.51. The highest BCUT2D eigenvalue weighted by Crippen LogP contribution is 2.34. The standard InChI is InChI=1S/C16H24O3/c1-6-13(14(7-2)16(17)19-5)15-9-8-12(18-4)10-11(15)3/h8-10,13-14H,6-7H2,1-5H3. The van der Waals surface area contributed by atoms with E-state index in [4.69, 9.17) is 9.47 Å². The quantitative estimate of drug-likeness (QED) is 0.735. The Kier molecular flexibility index (Phi) is 5.87. The van der Waals surface area contributed by atoms with Crippen LogP contribution in [-0.4, -0.2) is 20.2 Å². The molecule has 3 nitrogen and oxygen atoms in total. The van der Waals surface area contributed by atoms with Gasteiger partial charge in [-0.3, -0.25) is 4.79 Å². The fraction of sp³-hybridized carbons (Fsp3) is 0.562. The zero-order chi connectivity index (χ0) is 14.4. The number of ether oxygens (including phenoxy) is 2. The van der Waals surface area contributed by atoms with Crippen molar-refractivity contribution in [2.45, 2.75) is 39.5 Å². The van der Waals surface area contributed by atoms with Crippen LogP contribution in [0.1, 0.15) is 43.7 Å². The topological polar surface area (TPSA) is 35.5 Å². The van der Waals surface area contributed by atoms with Crippen LogP contribution in [0.15, 0.2) is 18.2 Å². The molecule has 106 valence electrons. The second kappa shape index (κ2) is 7.17. The molecule has 19 heavy (non-hydrogen) atoms. The van der Waals surface area contributed by atoms with Crippen LogP contribution in [0.5, 0.6) is 5.75 Å². The third-order valence-electron chi connectivity index (χ3n) is 3.75. The predicted molar refractivity (Wildman–Crippen MR) is 76.6 cm³/mol. The molecule has 0 aromatic heterocycles. The Morgan fingerprint density at radius 2 is 1.89 bits per heavy atom. The number of benzene rings is 1. The molecule has 0 amide bonds.